The molecular weight excluding hydrogens is 387 g/mol. The van der Waals surface area contributed by atoms with Crippen LogP contribution in [-0.4, -0.2) is 23.3 Å². The summed E-state index contributed by atoms with van der Waals surface area (Å²) < 4.78 is 0. The summed E-state index contributed by atoms with van der Waals surface area (Å²) in [6.07, 6.45) is 6.18. The van der Waals surface area contributed by atoms with E-state index in [9.17, 15) is 9.59 Å². The van der Waals surface area contributed by atoms with E-state index in [1.807, 2.05) is 0 Å². The predicted octanol–water partition coefficient (Wildman–Crippen LogP) is 3.49. The van der Waals surface area contributed by atoms with Gasteiger partial charge in [0.15, 0.2) is 0 Å². The molecular formula is C19H24Cl2N4O2. The molecule has 6 nitrogen and oxygen atoms in total. The number of hydrogen-bond acceptors (Lipinski definition) is 4. The van der Waals surface area contributed by atoms with E-state index in [-0.39, 0.29) is 48.5 Å². The van der Waals surface area contributed by atoms with Gasteiger partial charge in [-0.15, -0.1) is 24.8 Å². The third-order valence-electron chi connectivity index (χ3n) is 4.63. The number of carbonyl (C=O) groups is 2. The molecule has 1 saturated carbocycles. The normalized spacial score (nSPS) is 18.0. The monoisotopic (exact) mass is 410 g/mol. The first-order valence-corrected chi connectivity index (χ1v) is 8.50. The van der Waals surface area contributed by atoms with Crippen LogP contribution in [0.1, 0.15) is 29.6 Å². The summed E-state index contributed by atoms with van der Waals surface area (Å²) in [6, 6.07) is 10.4. The molecule has 2 amide bonds. The van der Waals surface area contributed by atoms with Crippen molar-refractivity contribution in [1.82, 2.24) is 4.98 Å². The Kier molecular flexibility index (Phi) is 9.21. The Morgan fingerprint density at radius 2 is 1.78 bits per heavy atom. The molecule has 1 heterocycles. The molecule has 0 bridgehead atoms. The smallest absolute Gasteiger partial charge is 0.255 e. The van der Waals surface area contributed by atoms with Crippen LogP contribution in [0.25, 0.3) is 0 Å². The van der Waals surface area contributed by atoms with Crippen LogP contribution in [-0.2, 0) is 4.79 Å². The highest BCUT2D eigenvalue weighted by atomic mass is 35.5. The molecule has 1 aromatic heterocycles. The molecule has 0 radical (unpaired) electrons. The second-order valence-electron chi connectivity index (χ2n) is 6.30. The molecule has 8 heteroatoms. The first-order valence-electron chi connectivity index (χ1n) is 8.50. The molecule has 1 aliphatic carbocycles. The summed E-state index contributed by atoms with van der Waals surface area (Å²) in [4.78, 5) is 28.5. The van der Waals surface area contributed by atoms with Crippen LogP contribution in [0.15, 0.2) is 48.8 Å². The third-order valence-corrected chi connectivity index (χ3v) is 4.63. The minimum Gasteiger partial charge on any atom is -0.330 e. The van der Waals surface area contributed by atoms with Crippen molar-refractivity contribution in [3.63, 3.8) is 0 Å². The zero-order chi connectivity index (χ0) is 17.6. The topological polar surface area (TPSA) is 97.1 Å². The molecule has 2 atom stereocenters. The van der Waals surface area contributed by atoms with E-state index >= 15 is 0 Å². The molecule has 2 aromatic rings. The van der Waals surface area contributed by atoms with Gasteiger partial charge in [-0.2, -0.15) is 0 Å². The summed E-state index contributed by atoms with van der Waals surface area (Å²) in [5.41, 5.74) is 7.58. The third kappa shape index (κ3) is 5.92. The molecule has 0 unspecified atom stereocenters. The zero-order valence-corrected chi connectivity index (χ0v) is 16.4. The molecule has 0 saturated heterocycles. The van der Waals surface area contributed by atoms with Gasteiger partial charge in [0.1, 0.15) is 0 Å². The second-order valence-corrected chi connectivity index (χ2v) is 6.30. The van der Waals surface area contributed by atoms with Gasteiger partial charge in [0, 0.05) is 23.4 Å². The van der Waals surface area contributed by atoms with Crippen molar-refractivity contribution < 1.29 is 9.59 Å². The highest BCUT2D eigenvalue weighted by molar-refractivity contribution is 6.04. The number of anilines is 2. The maximum absolute atomic E-state index is 12.4. The van der Waals surface area contributed by atoms with Gasteiger partial charge in [-0.05, 0) is 61.7 Å². The maximum Gasteiger partial charge on any atom is 0.255 e. The highest BCUT2D eigenvalue weighted by Gasteiger charge is 2.31. The lowest BCUT2D eigenvalue weighted by atomic mass is 9.95. The highest BCUT2D eigenvalue weighted by Crippen LogP contribution is 2.31. The predicted molar refractivity (Wildman–Crippen MR) is 112 cm³/mol. The van der Waals surface area contributed by atoms with Crippen LogP contribution in [0, 0.1) is 11.8 Å². The van der Waals surface area contributed by atoms with Crippen LogP contribution in [0.2, 0.25) is 0 Å². The van der Waals surface area contributed by atoms with Crippen LogP contribution in [0.3, 0.4) is 0 Å². The van der Waals surface area contributed by atoms with Gasteiger partial charge >= 0.3 is 0 Å². The van der Waals surface area contributed by atoms with Gasteiger partial charge in [0.05, 0.1) is 11.9 Å². The molecule has 27 heavy (non-hydrogen) atoms. The average molecular weight is 411 g/mol. The number of rotatable bonds is 5. The van der Waals surface area contributed by atoms with Gasteiger partial charge in [0.2, 0.25) is 5.91 Å². The van der Waals surface area contributed by atoms with Gasteiger partial charge < -0.3 is 16.4 Å². The summed E-state index contributed by atoms with van der Waals surface area (Å²) in [5.74, 6) is 0.0495. The van der Waals surface area contributed by atoms with Crippen LogP contribution in [0.5, 0.6) is 0 Å². The Hall–Kier alpha value is -2.15. The number of hydrogen-bond donors (Lipinski definition) is 3. The maximum atomic E-state index is 12.4. The fraction of sp³-hybridized carbons (Fsp3) is 0.316. The largest absolute Gasteiger partial charge is 0.330 e. The first-order chi connectivity index (χ1) is 12.2. The van der Waals surface area contributed by atoms with Crippen molar-refractivity contribution in [2.75, 3.05) is 17.2 Å². The lowest BCUT2D eigenvalue weighted by Crippen LogP contribution is -2.29. The van der Waals surface area contributed by atoms with Crippen LogP contribution >= 0.6 is 24.8 Å². The van der Waals surface area contributed by atoms with E-state index in [0.717, 1.165) is 19.3 Å². The lowest BCUT2D eigenvalue weighted by Gasteiger charge is -2.17. The summed E-state index contributed by atoms with van der Waals surface area (Å²) >= 11 is 0. The average Bonchev–Trinajstić information content (AvgIpc) is 3.12. The Morgan fingerprint density at radius 3 is 2.41 bits per heavy atom. The zero-order valence-electron chi connectivity index (χ0n) is 14.8. The molecule has 1 fully saturated rings. The van der Waals surface area contributed by atoms with Crippen molar-refractivity contribution in [2.24, 2.45) is 17.6 Å². The Balaban J connectivity index is 0.00000182. The van der Waals surface area contributed by atoms with E-state index in [1.54, 1.807) is 48.8 Å². The lowest BCUT2D eigenvalue weighted by molar-refractivity contribution is -0.120. The number of amides is 2. The second kappa shape index (κ2) is 10.9. The summed E-state index contributed by atoms with van der Waals surface area (Å²) in [5, 5.41) is 5.70. The minimum atomic E-state index is -0.218. The number of carbonyl (C=O) groups excluding carboxylic acids is 2. The number of benzene rings is 1. The molecule has 0 spiro atoms. The fourth-order valence-corrected chi connectivity index (χ4v) is 3.24. The first kappa shape index (κ1) is 22.9. The van der Waals surface area contributed by atoms with Crippen molar-refractivity contribution in [2.45, 2.75) is 19.3 Å². The number of aromatic nitrogens is 1. The minimum absolute atomic E-state index is 0. The number of nitrogens with one attached hydrogen (secondary N) is 2. The van der Waals surface area contributed by atoms with Gasteiger partial charge in [-0.25, -0.2) is 0 Å². The van der Waals surface area contributed by atoms with Crippen molar-refractivity contribution in [3.05, 3.63) is 54.4 Å². The Labute approximate surface area is 171 Å². The van der Waals surface area contributed by atoms with Crippen molar-refractivity contribution in [3.8, 4) is 0 Å². The standard InChI is InChI=1S/C19H22N4O2.2ClH/c20-11-14-3-1-5-17(14)19(25)22-15-8-6-13(7-9-15)18(24)23-16-4-2-10-21-12-16;;/h2,4,6-10,12,14,17H,1,3,5,11,20H2,(H,22,25)(H,23,24);2*1H/t14-,17-;;/m1../s1. The van der Waals surface area contributed by atoms with Crippen molar-refractivity contribution >= 4 is 48.0 Å². The Morgan fingerprint density at radius 1 is 1.04 bits per heavy atom. The molecule has 3 rings (SSSR count). The SMILES string of the molecule is Cl.Cl.NC[C@H]1CCC[C@H]1C(=O)Nc1ccc(C(=O)Nc2cccnc2)cc1. The summed E-state index contributed by atoms with van der Waals surface area (Å²) in [6.45, 7) is 0.547. The van der Waals surface area contributed by atoms with Gasteiger partial charge in [-0.1, -0.05) is 6.42 Å². The van der Waals surface area contributed by atoms with E-state index in [4.69, 9.17) is 5.73 Å². The molecule has 1 aromatic carbocycles. The molecule has 4 N–H and O–H groups in total. The van der Waals surface area contributed by atoms with Gasteiger partial charge in [-0.3, -0.25) is 14.6 Å². The molecule has 0 aliphatic heterocycles. The Bertz CT molecular complexity index is 741. The number of pyridine rings is 1. The van der Waals surface area contributed by atoms with E-state index in [1.165, 1.54) is 0 Å². The fourth-order valence-electron chi connectivity index (χ4n) is 3.24. The molecule has 146 valence electrons. The quantitative estimate of drug-likeness (QED) is 0.702. The van der Waals surface area contributed by atoms with Crippen LogP contribution < -0.4 is 16.4 Å². The van der Waals surface area contributed by atoms with E-state index in [0.29, 0.717) is 23.5 Å². The molecule has 1 aliphatic rings. The van der Waals surface area contributed by atoms with Gasteiger partial charge in [0.25, 0.3) is 5.91 Å². The van der Waals surface area contributed by atoms with E-state index in [2.05, 4.69) is 15.6 Å². The van der Waals surface area contributed by atoms with Crippen LogP contribution in [0.4, 0.5) is 11.4 Å². The van der Waals surface area contributed by atoms with Crippen molar-refractivity contribution in [1.29, 1.82) is 0 Å². The summed E-state index contributed by atoms with van der Waals surface area (Å²) in [7, 11) is 0. The van der Waals surface area contributed by atoms with E-state index < -0.39 is 0 Å². The number of nitrogens with zero attached hydrogens (tertiary/aromatic N) is 1. The number of nitrogens with two attached hydrogens (primary N) is 1. The number of halogens is 2.